The van der Waals surface area contributed by atoms with Crippen molar-refractivity contribution in [2.24, 2.45) is 0 Å². The molecule has 0 aromatic carbocycles. The molecule has 1 unspecified atom stereocenters. The average Bonchev–Trinajstić information content (AvgIpc) is 2.65. The lowest BCUT2D eigenvalue weighted by Crippen LogP contribution is -2.52. The van der Waals surface area contributed by atoms with Gasteiger partial charge in [0.05, 0.1) is 6.04 Å². The second-order valence-electron chi connectivity index (χ2n) is 4.07. The van der Waals surface area contributed by atoms with Crippen LogP contribution < -0.4 is 5.32 Å². The fourth-order valence-electron chi connectivity index (χ4n) is 2.32. The predicted molar refractivity (Wildman–Crippen MR) is 55.1 cm³/mol. The SMILES string of the molecule is CCN1CCN(C2CCNC2=O)CC1. The number of nitrogens with zero attached hydrogens (tertiary/aromatic N) is 2. The average molecular weight is 197 g/mol. The van der Waals surface area contributed by atoms with Gasteiger partial charge in [-0.3, -0.25) is 9.69 Å². The number of nitrogens with one attached hydrogen (secondary N) is 1. The molecule has 2 fully saturated rings. The number of carbonyl (C=O) groups is 1. The van der Waals surface area contributed by atoms with Gasteiger partial charge in [-0.1, -0.05) is 6.92 Å². The van der Waals surface area contributed by atoms with Crippen LogP contribution in [0.4, 0.5) is 0 Å². The molecule has 0 spiro atoms. The zero-order chi connectivity index (χ0) is 9.97. The van der Waals surface area contributed by atoms with Crippen molar-refractivity contribution in [3.8, 4) is 0 Å². The summed E-state index contributed by atoms with van der Waals surface area (Å²) in [7, 11) is 0. The Hall–Kier alpha value is -0.610. The van der Waals surface area contributed by atoms with E-state index in [1.54, 1.807) is 0 Å². The van der Waals surface area contributed by atoms with Gasteiger partial charge in [0.2, 0.25) is 5.91 Å². The molecule has 2 saturated heterocycles. The van der Waals surface area contributed by atoms with E-state index in [0.717, 1.165) is 45.7 Å². The summed E-state index contributed by atoms with van der Waals surface area (Å²) < 4.78 is 0. The third-order valence-electron chi connectivity index (χ3n) is 3.31. The molecule has 1 amide bonds. The van der Waals surface area contributed by atoms with Crippen molar-refractivity contribution < 1.29 is 4.79 Å². The van der Waals surface area contributed by atoms with Crippen LogP contribution in [-0.4, -0.2) is 61.0 Å². The van der Waals surface area contributed by atoms with Gasteiger partial charge in [-0.15, -0.1) is 0 Å². The molecule has 0 radical (unpaired) electrons. The summed E-state index contributed by atoms with van der Waals surface area (Å²) in [5.74, 6) is 0.231. The Labute approximate surface area is 85.2 Å². The molecule has 4 heteroatoms. The minimum atomic E-state index is 0.161. The molecule has 0 saturated carbocycles. The van der Waals surface area contributed by atoms with Gasteiger partial charge in [-0.2, -0.15) is 0 Å². The fraction of sp³-hybridized carbons (Fsp3) is 0.900. The minimum absolute atomic E-state index is 0.161. The molecule has 4 nitrogen and oxygen atoms in total. The Kier molecular flexibility index (Phi) is 3.03. The van der Waals surface area contributed by atoms with E-state index in [-0.39, 0.29) is 11.9 Å². The Balaban J connectivity index is 1.85. The fourth-order valence-corrected chi connectivity index (χ4v) is 2.32. The van der Waals surface area contributed by atoms with Crippen molar-refractivity contribution in [3.05, 3.63) is 0 Å². The number of likely N-dealkylation sites (N-methyl/N-ethyl adjacent to an activating group) is 1. The van der Waals surface area contributed by atoms with Crippen LogP contribution in [0.15, 0.2) is 0 Å². The van der Waals surface area contributed by atoms with Crippen molar-refractivity contribution in [3.63, 3.8) is 0 Å². The molecule has 0 aromatic rings. The summed E-state index contributed by atoms with van der Waals surface area (Å²) in [4.78, 5) is 16.2. The van der Waals surface area contributed by atoms with Crippen LogP contribution >= 0.6 is 0 Å². The summed E-state index contributed by atoms with van der Waals surface area (Å²) in [6, 6.07) is 0.161. The summed E-state index contributed by atoms with van der Waals surface area (Å²) in [5, 5.41) is 2.90. The lowest BCUT2D eigenvalue weighted by Gasteiger charge is -2.36. The Morgan fingerprint density at radius 2 is 2.07 bits per heavy atom. The molecule has 2 aliphatic rings. The molecule has 1 N–H and O–H groups in total. The van der Waals surface area contributed by atoms with Gasteiger partial charge < -0.3 is 10.2 Å². The molecule has 2 rings (SSSR count). The summed E-state index contributed by atoms with van der Waals surface area (Å²) >= 11 is 0. The molecule has 14 heavy (non-hydrogen) atoms. The van der Waals surface area contributed by atoms with E-state index < -0.39 is 0 Å². The van der Waals surface area contributed by atoms with E-state index in [1.807, 2.05) is 0 Å². The number of hydrogen-bond donors (Lipinski definition) is 1. The molecular formula is C10H19N3O. The van der Waals surface area contributed by atoms with E-state index in [1.165, 1.54) is 0 Å². The number of piperazine rings is 1. The highest BCUT2D eigenvalue weighted by Crippen LogP contribution is 2.12. The van der Waals surface area contributed by atoms with Crippen molar-refractivity contribution in [2.45, 2.75) is 19.4 Å². The maximum absolute atomic E-state index is 11.5. The molecule has 2 heterocycles. The number of hydrogen-bond acceptors (Lipinski definition) is 3. The van der Waals surface area contributed by atoms with Crippen molar-refractivity contribution in [1.29, 1.82) is 0 Å². The Bertz CT molecular complexity index is 211. The standard InChI is InChI=1S/C10H19N3O/c1-2-12-5-7-13(8-6-12)9-3-4-11-10(9)14/h9H,2-8H2,1H3,(H,11,14). The third-order valence-corrected chi connectivity index (χ3v) is 3.31. The van der Waals surface area contributed by atoms with E-state index in [2.05, 4.69) is 22.0 Å². The zero-order valence-electron chi connectivity index (χ0n) is 8.83. The Morgan fingerprint density at radius 3 is 2.57 bits per heavy atom. The van der Waals surface area contributed by atoms with Crippen LogP contribution in [-0.2, 0) is 4.79 Å². The molecule has 0 aliphatic carbocycles. The maximum atomic E-state index is 11.5. The first-order valence-corrected chi connectivity index (χ1v) is 5.55. The van der Waals surface area contributed by atoms with Crippen LogP contribution in [0.25, 0.3) is 0 Å². The topological polar surface area (TPSA) is 35.6 Å². The highest BCUT2D eigenvalue weighted by Gasteiger charge is 2.31. The first-order chi connectivity index (χ1) is 6.81. The van der Waals surface area contributed by atoms with Crippen LogP contribution in [0, 0.1) is 0 Å². The van der Waals surface area contributed by atoms with Gasteiger partial charge in [0.15, 0.2) is 0 Å². The van der Waals surface area contributed by atoms with E-state index >= 15 is 0 Å². The van der Waals surface area contributed by atoms with Crippen LogP contribution in [0.3, 0.4) is 0 Å². The molecule has 2 aliphatic heterocycles. The maximum Gasteiger partial charge on any atom is 0.237 e. The molecule has 80 valence electrons. The highest BCUT2D eigenvalue weighted by molar-refractivity contribution is 5.83. The molecular weight excluding hydrogens is 178 g/mol. The van der Waals surface area contributed by atoms with E-state index in [4.69, 9.17) is 0 Å². The van der Waals surface area contributed by atoms with Crippen molar-refractivity contribution in [2.75, 3.05) is 39.3 Å². The smallest absolute Gasteiger partial charge is 0.237 e. The number of carbonyl (C=O) groups excluding carboxylic acids is 1. The van der Waals surface area contributed by atoms with Gasteiger partial charge in [-0.25, -0.2) is 0 Å². The number of amides is 1. The van der Waals surface area contributed by atoms with Crippen LogP contribution in [0.5, 0.6) is 0 Å². The summed E-state index contributed by atoms with van der Waals surface area (Å²) in [6.45, 7) is 8.50. The predicted octanol–water partition coefficient (Wildman–Crippen LogP) is -0.488. The van der Waals surface area contributed by atoms with Gasteiger partial charge in [0.25, 0.3) is 0 Å². The summed E-state index contributed by atoms with van der Waals surface area (Å²) in [6.07, 6.45) is 0.991. The van der Waals surface area contributed by atoms with Gasteiger partial charge in [-0.05, 0) is 13.0 Å². The van der Waals surface area contributed by atoms with E-state index in [9.17, 15) is 4.79 Å². The van der Waals surface area contributed by atoms with Gasteiger partial charge in [0, 0.05) is 32.7 Å². The first-order valence-electron chi connectivity index (χ1n) is 5.55. The van der Waals surface area contributed by atoms with E-state index in [0.29, 0.717) is 0 Å². The van der Waals surface area contributed by atoms with Gasteiger partial charge >= 0.3 is 0 Å². The van der Waals surface area contributed by atoms with Crippen LogP contribution in [0.1, 0.15) is 13.3 Å². The molecule has 1 atom stereocenters. The largest absolute Gasteiger partial charge is 0.355 e. The first kappa shape index (κ1) is 9.93. The lowest BCUT2D eigenvalue weighted by atomic mass is 10.2. The normalized spacial score (nSPS) is 30.6. The second-order valence-corrected chi connectivity index (χ2v) is 4.07. The van der Waals surface area contributed by atoms with Crippen molar-refractivity contribution >= 4 is 5.91 Å². The lowest BCUT2D eigenvalue weighted by molar-refractivity contribution is -0.124. The zero-order valence-corrected chi connectivity index (χ0v) is 8.83. The number of rotatable bonds is 2. The van der Waals surface area contributed by atoms with Crippen LogP contribution in [0.2, 0.25) is 0 Å². The molecule has 0 aromatic heterocycles. The minimum Gasteiger partial charge on any atom is -0.355 e. The quantitative estimate of drug-likeness (QED) is 0.649. The van der Waals surface area contributed by atoms with Crippen molar-refractivity contribution in [1.82, 2.24) is 15.1 Å². The summed E-state index contributed by atoms with van der Waals surface area (Å²) in [5.41, 5.74) is 0. The molecule has 0 bridgehead atoms. The Morgan fingerprint density at radius 1 is 1.36 bits per heavy atom. The highest BCUT2D eigenvalue weighted by atomic mass is 16.2. The van der Waals surface area contributed by atoms with Gasteiger partial charge in [0.1, 0.15) is 0 Å². The second kappa shape index (κ2) is 4.28. The monoisotopic (exact) mass is 197 g/mol. The third kappa shape index (κ3) is 1.91.